The Hall–Kier alpha value is -4.04. The third-order valence-electron chi connectivity index (χ3n) is 6.10. The standard InChI is InChI=1S/C30H22O2/c1-3-9-21(10-4-1)23-13-7-15-27-25(17-19-31-29(23)27)26-18-20-32-30-24(14-8-16-28(26)30)22-11-5-2-6-12-22/h1-18H,19-20H2. The highest BCUT2D eigenvalue weighted by Crippen LogP contribution is 2.47. The van der Waals surface area contributed by atoms with Gasteiger partial charge in [-0.2, -0.15) is 0 Å². The van der Waals surface area contributed by atoms with Crippen molar-refractivity contribution in [3.05, 3.63) is 120 Å². The van der Waals surface area contributed by atoms with Crippen LogP contribution in [0.25, 0.3) is 33.4 Å². The molecule has 0 N–H and O–H groups in total. The lowest BCUT2D eigenvalue weighted by Crippen LogP contribution is -2.11. The molecule has 2 aliphatic rings. The Morgan fingerprint density at radius 2 is 0.812 bits per heavy atom. The lowest BCUT2D eigenvalue weighted by Gasteiger charge is -2.27. The van der Waals surface area contributed by atoms with Gasteiger partial charge in [0.15, 0.2) is 0 Å². The number of ether oxygens (including phenoxy) is 2. The normalized spacial score (nSPS) is 14.2. The zero-order valence-electron chi connectivity index (χ0n) is 17.6. The molecule has 0 fully saturated rings. The molecule has 0 atom stereocenters. The molecule has 2 heteroatoms. The molecule has 0 aliphatic carbocycles. The Labute approximate surface area is 188 Å². The predicted molar refractivity (Wildman–Crippen MR) is 131 cm³/mol. The maximum atomic E-state index is 6.18. The fourth-order valence-corrected chi connectivity index (χ4v) is 4.65. The van der Waals surface area contributed by atoms with E-state index in [0.717, 1.165) is 33.8 Å². The molecule has 0 unspecified atom stereocenters. The summed E-state index contributed by atoms with van der Waals surface area (Å²) in [6.07, 6.45) is 4.38. The van der Waals surface area contributed by atoms with Gasteiger partial charge in [-0.05, 0) is 34.4 Å². The number of allylic oxidation sites excluding steroid dienone is 2. The van der Waals surface area contributed by atoms with Crippen molar-refractivity contribution in [1.29, 1.82) is 0 Å². The van der Waals surface area contributed by atoms with Crippen molar-refractivity contribution in [3.8, 4) is 33.8 Å². The van der Waals surface area contributed by atoms with Crippen LogP contribution >= 0.6 is 0 Å². The maximum absolute atomic E-state index is 6.18. The van der Waals surface area contributed by atoms with Gasteiger partial charge < -0.3 is 9.47 Å². The van der Waals surface area contributed by atoms with Gasteiger partial charge in [0.05, 0.1) is 0 Å². The summed E-state index contributed by atoms with van der Waals surface area (Å²) in [6, 6.07) is 33.7. The number of fused-ring (bicyclic) bond motifs is 2. The third kappa shape index (κ3) is 3.12. The van der Waals surface area contributed by atoms with E-state index in [0.29, 0.717) is 13.2 Å². The average Bonchev–Trinajstić information content (AvgIpc) is 2.88. The second-order valence-electron chi connectivity index (χ2n) is 7.95. The van der Waals surface area contributed by atoms with E-state index in [4.69, 9.17) is 9.47 Å². The summed E-state index contributed by atoms with van der Waals surface area (Å²) in [5.74, 6) is 1.90. The monoisotopic (exact) mass is 414 g/mol. The van der Waals surface area contributed by atoms with Gasteiger partial charge in [0.1, 0.15) is 24.7 Å². The average molecular weight is 415 g/mol. The smallest absolute Gasteiger partial charge is 0.135 e. The van der Waals surface area contributed by atoms with Crippen LogP contribution in [-0.4, -0.2) is 13.2 Å². The third-order valence-corrected chi connectivity index (χ3v) is 6.10. The van der Waals surface area contributed by atoms with Gasteiger partial charge in [-0.25, -0.2) is 0 Å². The highest BCUT2D eigenvalue weighted by Gasteiger charge is 2.25. The van der Waals surface area contributed by atoms with Gasteiger partial charge in [0, 0.05) is 22.3 Å². The van der Waals surface area contributed by atoms with Crippen LogP contribution in [0.3, 0.4) is 0 Å². The van der Waals surface area contributed by atoms with E-state index in [1.807, 2.05) is 12.1 Å². The summed E-state index contributed by atoms with van der Waals surface area (Å²) in [4.78, 5) is 0. The van der Waals surface area contributed by atoms with Crippen molar-refractivity contribution >= 4 is 11.1 Å². The van der Waals surface area contributed by atoms with E-state index in [-0.39, 0.29) is 0 Å². The molecule has 4 aromatic rings. The summed E-state index contributed by atoms with van der Waals surface area (Å²) in [6.45, 7) is 1.11. The van der Waals surface area contributed by atoms with Crippen molar-refractivity contribution in [2.45, 2.75) is 0 Å². The van der Waals surface area contributed by atoms with Crippen LogP contribution in [0.5, 0.6) is 11.5 Å². The van der Waals surface area contributed by atoms with Gasteiger partial charge in [0.2, 0.25) is 0 Å². The molecular formula is C30H22O2. The van der Waals surface area contributed by atoms with Crippen molar-refractivity contribution in [1.82, 2.24) is 0 Å². The van der Waals surface area contributed by atoms with Crippen LogP contribution in [0.15, 0.2) is 109 Å². The van der Waals surface area contributed by atoms with Crippen LogP contribution < -0.4 is 9.47 Å². The number of hydrogen-bond donors (Lipinski definition) is 0. The first-order chi connectivity index (χ1) is 15.9. The number of benzene rings is 4. The van der Waals surface area contributed by atoms with Crippen LogP contribution in [0.1, 0.15) is 11.1 Å². The van der Waals surface area contributed by atoms with Gasteiger partial charge >= 0.3 is 0 Å². The van der Waals surface area contributed by atoms with Crippen molar-refractivity contribution < 1.29 is 9.47 Å². The van der Waals surface area contributed by atoms with Crippen molar-refractivity contribution in [2.75, 3.05) is 13.2 Å². The first kappa shape index (κ1) is 18.7. The molecule has 0 aromatic heterocycles. The lowest BCUT2D eigenvalue weighted by molar-refractivity contribution is 0.356. The molecule has 0 saturated carbocycles. The van der Waals surface area contributed by atoms with E-state index in [1.54, 1.807) is 0 Å². The molecule has 0 radical (unpaired) electrons. The Morgan fingerprint density at radius 3 is 1.25 bits per heavy atom. The Bertz CT molecular complexity index is 1240. The SMILES string of the molecule is C1=C(C2=CCOc3c2cccc3-c2ccccc2)c2cccc(-c3ccccc3)c2OC1. The molecule has 154 valence electrons. The summed E-state index contributed by atoms with van der Waals surface area (Å²) >= 11 is 0. The van der Waals surface area contributed by atoms with E-state index < -0.39 is 0 Å². The summed E-state index contributed by atoms with van der Waals surface area (Å²) in [5, 5.41) is 0. The largest absolute Gasteiger partial charge is 0.488 e. The molecule has 2 aliphatic heterocycles. The minimum Gasteiger partial charge on any atom is -0.488 e. The Kier molecular flexibility index (Phi) is 4.62. The topological polar surface area (TPSA) is 18.5 Å². The summed E-state index contributed by atoms with van der Waals surface area (Å²) in [5.41, 5.74) is 9.25. The summed E-state index contributed by atoms with van der Waals surface area (Å²) in [7, 11) is 0. The molecule has 0 bridgehead atoms. The Morgan fingerprint density at radius 1 is 0.406 bits per heavy atom. The second-order valence-corrected chi connectivity index (χ2v) is 7.95. The fourth-order valence-electron chi connectivity index (χ4n) is 4.65. The molecule has 0 spiro atoms. The van der Waals surface area contributed by atoms with Crippen LogP contribution in [-0.2, 0) is 0 Å². The van der Waals surface area contributed by atoms with Gasteiger partial charge in [-0.15, -0.1) is 0 Å². The second kappa shape index (κ2) is 7.90. The summed E-state index contributed by atoms with van der Waals surface area (Å²) < 4.78 is 12.4. The molecule has 6 rings (SSSR count). The van der Waals surface area contributed by atoms with E-state index in [9.17, 15) is 0 Å². The molecule has 0 amide bonds. The first-order valence-corrected chi connectivity index (χ1v) is 10.9. The predicted octanol–water partition coefficient (Wildman–Crippen LogP) is 7.27. The minimum absolute atomic E-state index is 0.554. The molecule has 4 aromatic carbocycles. The zero-order valence-corrected chi connectivity index (χ0v) is 17.6. The van der Waals surface area contributed by atoms with Gasteiger partial charge in [-0.1, -0.05) is 97.1 Å². The number of para-hydroxylation sites is 2. The molecular weight excluding hydrogens is 392 g/mol. The van der Waals surface area contributed by atoms with E-state index in [1.165, 1.54) is 22.3 Å². The quantitative estimate of drug-likeness (QED) is 0.351. The van der Waals surface area contributed by atoms with E-state index in [2.05, 4.69) is 97.1 Å². The van der Waals surface area contributed by atoms with Crippen LogP contribution in [0, 0.1) is 0 Å². The minimum atomic E-state index is 0.554. The fraction of sp³-hybridized carbons (Fsp3) is 0.0667. The number of hydrogen-bond acceptors (Lipinski definition) is 2. The van der Waals surface area contributed by atoms with Gasteiger partial charge in [0.25, 0.3) is 0 Å². The molecule has 32 heavy (non-hydrogen) atoms. The van der Waals surface area contributed by atoms with Crippen LogP contribution in [0.4, 0.5) is 0 Å². The molecule has 0 saturated heterocycles. The zero-order chi connectivity index (χ0) is 21.3. The Balaban J connectivity index is 1.47. The maximum Gasteiger partial charge on any atom is 0.135 e. The lowest BCUT2D eigenvalue weighted by atomic mass is 9.86. The van der Waals surface area contributed by atoms with E-state index >= 15 is 0 Å². The van der Waals surface area contributed by atoms with Crippen LogP contribution in [0.2, 0.25) is 0 Å². The van der Waals surface area contributed by atoms with Crippen molar-refractivity contribution in [2.24, 2.45) is 0 Å². The van der Waals surface area contributed by atoms with Gasteiger partial charge in [-0.3, -0.25) is 0 Å². The molecule has 2 heterocycles. The molecule has 2 nitrogen and oxygen atoms in total. The van der Waals surface area contributed by atoms with Crippen molar-refractivity contribution in [3.63, 3.8) is 0 Å². The highest BCUT2D eigenvalue weighted by molar-refractivity contribution is 6.09. The highest BCUT2D eigenvalue weighted by atomic mass is 16.5. The first-order valence-electron chi connectivity index (χ1n) is 10.9. The number of rotatable bonds is 3.